The Morgan fingerprint density at radius 2 is 2.11 bits per heavy atom. The number of hydrogen-bond acceptors (Lipinski definition) is 4. The Balaban J connectivity index is 2.21. The lowest BCUT2D eigenvalue weighted by molar-refractivity contribution is -0.162. The van der Waals surface area contributed by atoms with Crippen molar-refractivity contribution in [3.05, 3.63) is 23.3 Å². The minimum atomic E-state index is -1.23. The van der Waals surface area contributed by atoms with E-state index in [1.165, 1.54) is 6.08 Å². The fourth-order valence-electron chi connectivity index (χ4n) is 3.73. The van der Waals surface area contributed by atoms with Gasteiger partial charge in [0.15, 0.2) is 5.78 Å². The Kier molecular flexibility index (Phi) is 2.37. The average Bonchev–Trinajstić information content (AvgIpc) is 2.76. The van der Waals surface area contributed by atoms with Gasteiger partial charge in [0.05, 0.1) is 0 Å². The van der Waals surface area contributed by atoms with Crippen molar-refractivity contribution in [3.63, 3.8) is 0 Å². The summed E-state index contributed by atoms with van der Waals surface area (Å²) in [5, 5.41) is 11.0. The van der Waals surface area contributed by atoms with Crippen LogP contribution < -0.4 is 0 Å². The Morgan fingerprint density at radius 1 is 1.42 bits per heavy atom. The van der Waals surface area contributed by atoms with Crippen LogP contribution in [0.1, 0.15) is 33.6 Å². The van der Waals surface area contributed by atoms with Gasteiger partial charge in [0.25, 0.3) is 0 Å². The summed E-state index contributed by atoms with van der Waals surface area (Å²) in [6.45, 7) is 5.40. The van der Waals surface area contributed by atoms with E-state index in [9.17, 15) is 14.7 Å². The molecule has 1 fully saturated rings. The van der Waals surface area contributed by atoms with E-state index in [4.69, 9.17) is 4.74 Å². The number of fused-ring (bicyclic) bond motifs is 3. The summed E-state index contributed by atoms with van der Waals surface area (Å²) in [5.41, 5.74) is -0.845. The first kappa shape index (κ1) is 12.6. The highest BCUT2D eigenvalue weighted by Crippen LogP contribution is 2.55. The van der Waals surface area contributed by atoms with E-state index in [1.54, 1.807) is 19.9 Å². The molecule has 3 rings (SSSR count). The first-order valence-corrected chi connectivity index (χ1v) is 6.69. The molecule has 1 saturated carbocycles. The van der Waals surface area contributed by atoms with E-state index in [2.05, 4.69) is 0 Å². The van der Waals surface area contributed by atoms with Crippen LogP contribution >= 0.6 is 0 Å². The summed E-state index contributed by atoms with van der Waals surface area (Å²) in [6, 6.07) is 0. The minimum Gasteiger partial charge on any atom is -0.453 e. The second-order valence-corrected chi connectivity index (χ2v) is 6.10. The van der Waals surface area contributed by atoms with Gasteiger partial charge in [-0.2, -0.15) is 0 Å². The number of allylic oxidation sites excluding steroid dienone is 1. The molecule has 3 aliphatic rings. The molecule has 4 nitrogen and oxygen atoms in total. The van der Waals surface area contributed by atoms with E-state index >= 15 is 0 Å². The summed E-state index contributed by atoms with van der Waals surface area (Å²) < 4.78 is 5.42. The van der Waals surface area contributed by atoms with Crippen LogP contribution in [0.5, 0.6) is 0 Å². The van der Waals surface area contributed by atoms with Crippen molar-refractivity contribution < 1.29 is 19.4 Å². The predicted molar refractivity (Wildman–Crippen MR) is 68.2 cm³/mol. The summed E-state index contributed by atoms with van der Waals surface area (Å²) in [4.78, 5) is 24.1. The third kappa shape index (κ3) is 1.27. The van der Waals surface area contributed by atoms with Gasteiger partial charge in [0.1, 0.15) is 17.1 Å². The van der Waals surface area contributed by atoms with Gasteiger partial charge in [0, 0.05) is 5.57 Å². The van der Waals surface area contributed by atoms with Gasteiger partial charge in [-0.05, 0) is 50.3 Å². The summed E-state index contributed by atoms with van der Waals surface area (Å²) in [6.07, 6.45) is 3.83. The van der Waals surface area contributed by atoms with E-state index in [1.807, 2.05) is 6.92 Å². The molecule has 0 amide bonds. The van der Waals surface area contributed by atoms with Crippen molar-refractivity contribution in [3.8, 4) is 0 Å². The zero-order valence-electron chi connectivity index (χ0n) is 11.4. The van der Waals surface area contributed by atoms with E-state index < -0.39 is 17.1 Å². The Labute approximate surface area is 112 Å². The van der Waals surface area contributed by atoms with Crippen molar-refractivity contribution in [1.29, 1.82) is 0 Å². The first-order chi connectivity index (χ1) is 8.82. The number of rotatable bonds is 0. The molecule has 0 saturated heterocycles. The summed E-state index contributed by atoms with van der Waals surface area (Å²) >= 11 is 0. The molecule has 0 aromatic heterocycles. The number of ether oxygens (including phenoxy) is 1. The highest BCUT2D eigenvalue weighted by molar-refractivity contribution is 6.02. The Bertz CT molecular complexity index is 544. The van der Waals surface area contributed by atoms with E-state index in [0.717, 1.165) is 12.0 Å². The molecular weight excluding hydrogens is 244 g/mol. The topological polar surface area (TPSA) is 63.6 Å². The normalized spacial score (nSPS) is 45.1. The lowest BCUT2D eigenvalue weighted by Crippen LogP contribution is -2.56. The van der Waals surface area contributed by atoms with Crippen molar-refractivity contribution in [2.75, 3.05) is 0 Å². The van der Waals surface area contributed by atoms with Gasteiger partial charge in [-0.15, -0.1) is 0 Å². The SMILES string of the molecule is CC1=C2CCC(C)C3(O)C=CC(=O)C3(C)C2OC1=O. The zero-order valence-corrected chi connectivity index (χ0v) is 11.4. The summed E-state index contributed by atoms with van der Waals surface area (Å²) in [5.74, 6) is -0.573. The van der Waals surface area contributed by atoms with Gasteiger partial charge >= 0.3 is 5.97 Å². The van der Waals surface area contributed by atoms with E-state index in [0.29, 0.717) is 12.0 Å². The monoisotopic (exact) mass is 262 g/mol. The van der Waals surface area contributed by atoms with Gasteiger partial charge in [-0.1, -0.05) is 6.92 Å². The maximum Gasteiger partial charge on any atom is 0.334 e. The molecule has 0 aromatic carbocycles. The number of ketones is 1. The molecule has 1 aliphatic heterocycles. The number of hydrogen-bond donors (Lipinski definition) is 1. The first-order valence-electron chi connectivity index (χ1n) is 6.69. The van der Waals surface area contributed by atoms with Crippen LogP contribution in [0, 0.1) is 11.3 Å². The molecule has 2 aliphatic carbocycles. The van der Waals surface area contributed by atoms with Gasteiger partial charge in [0.2, 0.25) is 0 Å². The summed E-state index contributed by atoms with van der Waals surface area (Å²) in [7, 11) is 0. The van der Waals surface area contributed by atoms with Crippen molar-refractivity contribution in [2.24, 2.45) is 11.3 Å². The van der Waals surface area contributed by atoms with Crippen LogP contribution in [0.15, 0.2) is 23.3 Å². The average molecular weight is 262 g/mol. The maximum atomic E-state index is 12.3. The molecule has 0 spiro atoms. The van der Waals surface area contributed by atoms with Crippen molar-refractivity contribution >= 4 is 11.8 Å². The predicted octanol–water partition coefficient (Wildman–Crippen LogP) is 1.53. The van der Waals surface area contributed by atoms with Crippen molar-refractivity contribution in [2.45, 2.75) is 45.3 Å². The van der Waals surface area contributed by atoms with Crippen LogP contribution in [0.4, 0.5) is 0 Å². The van der Waals surface area contributed by atoms with Gasteiger partial charge in [-0.3, -0.25) is 4.79 Å². The molecule has 0 bridgehead atoms. The zero-order chi connectivity index (χ0) is 14.0. The van der Waals surface area contributed by atoms with Crippen LogP contribution in [0.3, 0.4) is 0 Å². The second-order valence-electron chi connectivity index (χ2n) is 6.10. The third-order valence-electron chi connectivity index (χ3n) is 5.28. The number of carbonyl (C=O) groups is 2. The van der Waals surface area contributed by atoms with Crippen molar-refractivity contribution in [1.82, 2.24) is 0 Å². The quantitative estimate of drug-likeness (QED) is 0.672. The van der Waals surface area contributed by atoms with Gasteiger partial charge < -0.3 is 9.84 Å². The lowest BCUT2D eigenvalue weighted by Gasteiger charge is -2.42. The smallest absolute Gasteiger partial charge is 0.334 e. The highest BCUT2D eigenvalue weighted by Gasteiger charge is 2.64. The molecule has 19 heavy (non-hydrogen) atoms. The molecule has 0 radical (unpaired) electrons. The highest BCUT2D eigenvalue weighted by atomic mass is 16.6. The fraction of sp³-hybridized carbons (Fsp3) is 0.600. The Morgan fingerprint density at radius 3 is 2.79 bits per heavy atom. The maximum absolute atomic E-state index is 12.3. The molecule has 1 heterocycles. The van der Waals surface area contributed by atoms with Crippen LogP contribution in [0.25, 0.3) is 0 Å². The van der Waals surface area contributed by atoms with Crippen LogP contribution in [-0.4, -0.2) is 28.6 Å². The van der Waals surface area contributed by atoms with E-state index in [-0.39, 0.29) is 17.7 Å². The molecule has 4 unspecified atom stereocenters. The Hall–Kier alpha value is -1.42. The number of esters is 1. The molecular formula is C15H18O4. The third-order valence-corrected chi connectivity index (χ3v) is 5.28. The number of aliphatic hydroxyl groups is 1. The molecule has 1 N–H and O–H groups in total. The molecule has 4 atom stereocenters. The number of carbonyl (C=O) groups excluding carboxylic acids is 2. The molecule has 0 aromatic rings. The standard InChI is InChI=1S/C15H18O4/c1-8-4-5-10-9(2)13(17)19-12(10)14(3)11(16)6-7-15(8,14)18/h6-8,12,18H,4-5H2,1-3H3. The fourth-order valence-corrected chi connectivity index (χ4v) is 3.73. The van der Waals surface area contributed by atoms with Gasteiger partial charge in [-0.25, -0.2) is 4.79 Å². The van der Waals surface area contributed by atoms with Crippen LogP contribution in [-0.2, 0) is 14.3 Å². The van der Waals surface area contributed by atoms with Crippen LogP contribution in [0.2, 0.25) is 0 Å². The lowest BCUT2D eigenvalue weighted by atomic mass is 9.65. The second kappa shape index (κ2) is 3.57. The molecule has 102 valence electrons. The minimum absolute atomic E-state index is 0.0511. The largest absolute Gasteiger partial charge is 0.453 e. The molecule has 4 heteroatoms.